The van der Waals surface area contributed by atoms with Gasteiger partial charge in [0.2, 0.25) is 0 Å². The van der Waals surface area contributed by atoms with Crippen LogP contribution >= 0.6 is 0 Å². The van der Waals surface area contributed by atoms with Crippen LogP contribution in [0.1, 0.15) is 41.0 Å². The second kappa shape index (κ2) is 5.05. The van der Waals surface area contributed by atoms with E-state index in [-0.39, 0.29) is 11.4 Å². The smallest absolute Gasteiger partial charge is 0.334 e. The molecule has 0 fully saturated rings. The van der Waals surface area contributed by atoms with Gasteiger partial charge < -0.3 is 4.74 Å². The lowest BCUT2D eigenvalue weighted by atomic mass is 9.86. The molecule has 2 heteroatoms. The summed E-state index contributed by atoms with van der Waals surface area (Å²) in [6, 6.07) is 0. The van der Waals surface area contributed by atoms with E-state index >= 15 is 0 Å². The molecule has 0 aromatic heterocycles. The van der Waals surface area contributed by atoms with Crippen LogP contribution in [-0.4, -0.2) is 12.6 Å². The van der Waals surface area contributed by atoms with E-state index in [2.05, 4.69) is 0 Å². The van der Waals surface area contributed by atoms with Crippen molar-refractivity contribution >= 4 is 5.97 Å². The van der Waals surface area contributed by atoms with Crippen LogP contribution in [0.25, 0.3) is 0 Å². The normalized spacial score (nSPS) is 12.8. The Hall–Kier alpha value is -0.790. The highest BCUT2D eigenvalue weighted by atomic mass is 16.5. The Kier molecular flexibility index (Phi) is 4.74. The predicted octanol–water partition coefficient (Wildman–Crippen LogP) is 2.93. The van der Waals surface area contributed by atoms with E-state index in [4.69, 9.17) is 4.74 Å². The molecule has 0 radical (unpaired) electrons. The highest BCUT2D eigenvalue weighted by Gasteiger charge is 2.23. The third-order valence-corrected chi connectivity index (χ3v) is 1.71. The van der Waals surface area contributed by atoms with Crippen molar-refractivity contribution in [1.29, 1.82) is 0 Å². The minimum absolute atomic E-state index is 0.123. The van der Waals surface area contributed by atoms with Gasteiger partial charge in [0.1, 0.15) is 0 Å². The first-order valence-corrected chi connectivity index (χ1v) is 4.81. The SMILES string of the molecule is CCC=C(C(=O)OCC)C(C)(C)C. The number of rotatable bonds is 3. The molecule has 0 aromatic carbocycles. The molecular formula is C11H20O2. The fourth-order valence-electron chi connectivity index (χ4n) is 1.11. The van der Waals surface area contributed by atoms with Crippen LogP contribution in [0.4, 0.5) is 0 Å². The molecule has 0 spiro atoms. The number of carbonyl (C=O) groups excluding carboxylic acids is 1. The van der Waals surface area contributed by atoms with Crippen molar-refractivity contribution in [3.8, 4) is 0 Å². The van der Waals surface area contributed by atoms with Gasteiger partial charge in [0.25, 0.3) is 0 Å². The van der Waals surface area contributed by atoms with Crippen LogP contribution in [0.3, 0.4) is 0 Å². The molecule has 76 valence electrons. The number of hydrogen-bond acceptors (Lipinski definition) is 2. The maximum absolute atomic E-state index is 11.5. The fourth-order valence-corrected chi connectivity index (χ4v) is 1.11. The molecule has 0 bridgehead atoms. The van der Waals surface area contributed by atoms with Crippen LogP contribution in [0.5, 0.6) is 0 Å². The summed E-state index contributed by atoms with van der Waals surface area (Å²) < 4.78 is 4.98. The van der Waals surface area contributed by atoms with Crippen molar-refractivity contribution in [2.45, 2.75) is 41.0 Å². The van der Waals surface area contributed by atoms with E-state index in [1.165, 1.54) is 0 Å². The van der Waals surface area contributed by atoms with Crippen LogP contribution in [0.2, 0.25) is 0 Å². The van der Waals surface area contributed by atoms with E-state index in [9.17, 15) is 4.79 Å². The van der Waals surface area contributed by atoms with Gasteiger partial charge >= 0.3 is 5.97 Å². The van der Waals surface area contributed by atoms with E-state index in [1.54, 1.807) is 0 Å². The zero-order valence-electron chi connectivity index (χ0n) is 9.31. The Morgan fingerprint density at radius 3 is 2.15 bits per heavy atom. The zero-order valence-corrected chi connectivity index (χ0v) is 9.31. The monoisotopic (exact) mass is 184 g/mol. The van der Waals surface area contributed by atoms with Gasteiger partial charge in [-0.25, -0.2) is 4.79 Å². The Morgan fingerprint density at radius 1 is 1.31 bits per heavy atom. The third kappa shape index (κ3) is 4.11. The van der Waals surface area contributed by atoms with Crippen LogP contribution in [0, 0.1) is 5.41 Å². The predicted molar refractivity (Wildman–Crippen MR) is 54.5 cm³/mol. The average molecular weight is 184 g/mol. The molecule has 0 N–H and O–H groups in total. The molecule has 0 atom stereocenters. The minimum atomic E-state index is -0.183. The molecule has 0 aliphatic heterocycles. The van der Waals surface area contributed by atoms with Crippen molar-refractivity contribution in [2.24, 2.45) is 5.41 Å². The number of allylic oxidation sites excluding steroid dienone is 1. The first-order chi connectivity index (χ1) is 5.93. The van der Waals surface area contributed by atoms with Crippen molar-refractivity contribution in [3.05, 3.63) is 11.6 Å². The molecule has 0 aliphatic carbocycles. The standard InChI is InChI=1S/C11H20O2/c1-6-8-9(11(3,4)5)10(12)13-7-2/h8H,6-7H2,1-5H3. The number of carbonyl (C=O) groups is 1. The summed E-state index contributed by atoms with van der Waals surface area (Å²) in [5.74, 6) is -0.183. The minimum Gasteiger partial charge on any atom is -0.463 e. The Labute approximate surface area is 81.0 Å². The van der Waals surface area contributed by atoms with Crippen LogP contribution < -0.4 is 0 Å². The first kappa shape index (κ1) is 12.2. The molecule has 0 aliphatic rings. The van der Waals surface area contributed by atoms with Crippen LogP contribution in [-0.2, 0) is 9.53 Å². The number of ether oxygens (including phenoxy) is 1. The first-order valence-electron chi connectivity index (χ1n) is 4.81. The van der Waals surface area contributed by atoms with Crippen LogP contribution in [0.15, 0.2) is 11.6 Å². The largest absolute Gasteiger partial charge is 0.463 e. The topological polar surface area (TPSA) is 26.3 Å². The molecule has 0 heterocycles. The number of hydrogen-bond donors (Lipinski definition) is 0. The van der Waals surface area contributed by atoms with Gasteiger partial charge in [0.05, 0.1) is 6.61 Å². The molecule has 0 amide bonds. The second-order valence-corrected chi connectivity index (χ2v) is 4.00. The molecule has 0 unspecified atom stereocenters. The quantitative estimate of drug-likeness (QED) is 0.498. The lowest BCUT2D eigenvalue weighted by Gasteiger charge is -2.21. The molecule has 0 rings (SSSR count). The number of esters is 1. The molecule has 0 saturated carbocycles. The molecule has 0 saturated heterocycles. The van der Waals surface area contributed by atoms with E-state index < -0.39 is 0 Å². The summed E-state index contributed by atoms with van der Waals surface area (Å²) in [6.07, 6.45) is 2.81. The summed E-state index contributed by atoms with van der Waals surface area (Å²) in [5.41, 5.74) is 0.652. The van der Waals surface area contributed by atoms with E-state index in [0.29, 0.717) is 6.61 Å². The Balaban J connectivity index is 4.63. The molecule has 0 aromatic rings. The van der Waals surface area contributed by atoms with Gasteiger partial charge in [-0.2, -0.15) is 0 Å². The Morgan fingerprint density at radius 2 is 1.85 bits per heavy atom. The molecule has 13 heavy (non-hydrogen) atoms. The van der Waals surface area contributed by atoms with Gasteiger partial charge in [-0.05, 0) is 18.8 Å². The summed E-state index contributed by atoms with van der Waals surface area (Å²) >= 11 is 0. The van der Waals surface area contributed by atoms with Gasteiger partial charge in [-0.1, -0.05) is 33.8 Å². The summed E-state index contributed by atoms with van der Waals surface area (Å²) in [4.78, 5) is 11.5. The van der Waals surface area contributed by atoms with Gasteiger partial charge in [0, 0.05) is 5.57 Å². The summed E-state index contributed by atoms with van der Waals surface area (Å²) in [5, 5.41) is 0. The van der Waals surface area contributed by atoms with E-state index in [0.717, 1.165) is 12.0 Å². The van der Waals surface area contributed by atoms with Gasteiger partial charge in [-0.3, -0.25) is 0 Å². The Bertz CT molecular complexity index is 197. The maximum atomic E-state index is 11.5. The van der Waals surface area contributed by atoms with E-state index in [1.807, 2.05) is 40.7 Å². The van der Waals surface area contributed by atoms with Crippen molar-refractivity contribution in [3.63, 3.8) is 0 Å². The lowest BCUT2D eigenvalue weighted by molar-refractivity contribution is -0.139. The molecule has 2 nitrogen and oxygen atoms in total. The highest BCUT2D eigenvalue weighted by molar-refractivity contribution is 5.89. The van der Waals surface area contributed by atoms with Gasteiger partial charge in [0.15, 0.2) is 0 Å². The lowest BCUT2D eigenvalue weighted by Crippen LogP contribution is -2.20. The van der Waals surface area contributed by atoms with Gasteiger partial charge in [-0.15, -0.1) is 0 Å². The average Bonchev–Trinajstić information content (AvgIpc) is 1.98. The maximum Gasteiger partial charge on any atom is 0.334 e. The highest BCUT2D eigenvalue weighted by Crippen LogP contribution is 2.26. The molecular weight excluding hydrogens is 164 g/mol. The zero-order chi connectivity index (χ0) is 10.5. The second-order valence-electron chi connectivity index (χ2n) is 4.00. The fraction of sp³-hybridized carbons (Fsp3) is 0.727. The van der Waals surface area contributed by atoms with Crippen molar-refractivity contribution < 1.29 is 9.53 Å². The summed E-state index contributed by atoms with van der Waals surface area (Å²) in [6.45, 7) is 10.3. The van der Waals surface area contributed by atoms with Crippen molar-refractivity contribution in [2.75, 3.05) is 6.61 Å². The summed E-state index contributed by atoms with van der Waals surface area (Å²) in [7, 11) is 0. The third-order valence-electron chi connectivity index (χ3n) is 1.71. The van der Waals surface area contributed by atoms with Crippen molar-refractivity contribution in [1.82, 2.24) is 0 Å².